The van der Waals surface area contributed by atoms with Gasteiger partial charge in [0, 0.05) is 101 Å². The number of methoxy groups -OCH3 is 4. The Kier molecular flexibility index (Phi) is 23.4. The number of aryl methyl sites for hydroxylation is 2. The molecule has 14 heterocycles. The first-order chi connectivity index (χ1) is 56.5. The van der Waals surface area contributed by atoms with Gasteiger partial charge < -0.3 is 80.9 Å². The largest absolute Gasteiger partial charge is 0.493 e. The number of ether oxygens (including phenoxy) is 16. The third kappa shape index (κ3) is 13.0. The van der Waals surface area contributed by atoms with Gasteiger partial charge in [-0.1, -0.05) is 27.0 Å². The van der Waals surface area contributed by atoms with Crippen LogP contribution in [0.5, 0.6) is 80.5 Å². The first-order valence-corrected chi connectivity index (χ1v) is 42.4. The Balaban J connectivity index is 0.000000183. The number of thioether (sulfide) groups is 2. The Morgan fingerprint density at radius 2 is 0.933 bits per heavy atom. The van der Waals surface area contributed by atoms with E-state index in [0.717, 1.165) is 66.8 Å². The van der Waals surface area contributed by atoms with Crippen LogP contribution in [-0.4, -0.2) is 205 Å². The highest BCUT2D eigenvalue weighted by molar-refractivity contribution is 7.99. The Labute approximate surface area is 703 Å². The second-order valence-corrected chi connectivity index (χ2v) is 33.9. The number of esters is 4. The average Bonchev–Trinajstić information content (AvgIpc) is 1.51. The van der Waals surface area contributed by atoms with Crippen molar-refractivity contribution in [2.24, 2.45) is 0 Å². The van der Waals surface area contributed by atoms with E-state index >= 15 is 0 Å². The fraction of sp³-hybridized carbons (Fsp3) is 0.539. The van der Waals surface area contributed by atoms with Crippen molar-refractivity contribution in [1.29, 1.82) is 5.26 Å². The van der Waals surface area contributed by atoms with Crippen molar-refractivity contribution in [2.45, 2.75) is 192 Å². The SMILES string of the molecule is C.C.CCOc1cc2c(cc1OC)[C@@]1(CS[C@@H]3c4c(OC(C)=O)c(C)c5c(c4[C@H](COC1=O)N1C3[C@H]3c4c(cc(C)c(OC)c4OCC)C[C@@H]([C@@H]1C#N)N3C)OCO5)NCC2.CCOc1cc2c(cc1OC)[C@@]1(CS[C@@H]3c4c(OC(C)=O)c(C)c5c(c4[C@H](COC1=O)N1C3[C@H]3c4c(cc(C)c(OC)c4OCC)C[C@@H]([C@@H]1O)N3C)OCO5)NCC2. The summed E-state index contributed by atoms with van der Waals surface area (Å²) < 4.78 is 99.0. The number of likely N-dealkylation sites (N-methyl/N-ethyl adjacent to an activating group) is 2. The third-order valence-corrected chi connectivity index (χ3v) is 28.8. The minimum Gasteiger partial charge on any atom is -0.493 e. The maximum atomic E-state index is 15.0. The Morgan fingerprint density at radius 1 is 0.521 bits per heavy atom. The van der Waals surface area contributed by atoms with Gasteiger partial charge in [-0.3, -0.25) is 39.8 Å². The summed E-state index contributed by atoms with van der Waals surface area (Å²) in [6.07, 6.45) is 1.49. The molecule has 2 spiro atoms. The number of fused-ring (bicyclic) bond motifs is 18. The molecule has 14 aliphatic heterocycles. The molecule has 0 radical (unpaired) electrons. The molecule has 4 saturated heterocycles. The lowest BCUT2D eigenvalue weighted by Gasteiger charge is -2.62. The smallest absolute Gasteiger partial charge is 0.331 e. The molecule has 30 heteroatoms. The molecule has 14 aliphatic rings. The zero-order valence-electron chi connectivity index (χ0n) is 68.9. The van der Waals surface area contributed by atoms with Gasteiger partial charge in [0.05, 0.1) is 102 Å². The predicted molar refractivity (Wildman–Crippen MR) is 444 cm³/mol. The normalized spacial score (nSPS) is 27.4. The molecule has 0 aliphatic carbocycles. The van der Waals surface area contributed by atoms with E-state index in [-0.39, 0.29) is 77.3 Å². The molecule has 6 aromatic rings. The van der Waals surface area contributed by atoms with Crippen LogP contribution in [0.1, 0.15) is 180 Å². The average molecular weight is 1680 g/mol. The highest BCUT2D eigenvalue weighted by Gasteiger charge is 2.65. The van der Waals surface area contributed by atoms with Crippen LogP contribution in [-0.2, 0) is 65.4 Å². The van der Waals surface area contributed by atoms with Gasteiger partial charge in [-0.05, 0) is 164 Å². The molecule has 6 aromatic carbocycles. The molecular formula is C89H109N7O21S2. The summed E-state index contributed by atoms with van der Waals surface area (Å²) in [5.74, 6) is 6.29. The van der Waals surface area contributed by atoms with Gasteiger partial charge in [0.2, 0.25) is 13.6 Å². The number of aliphatic hydroxyl groups is 1. The number of nitrogens with one attached hydrogen (secondary N) is 2. The summed E-state index contributed by atoms with van der Waals surface area (Å²) in [6.45, 7) is 20.8. The monoisotopic (exact) mass is 1680 g/mol. The first-order valence-electron chi connectivity index (χ1n) is 40.3. The van der Waals surface area contributed by atoms with Crippen LogP contribution >= 0.6 is 23.5 Å². The van der Waals surface area contributed by atoms with Crippen molar-refractivity contribution in [3.05, 3.63) is 125 Å². The lowest BCUT2D eigenvalue weighted by Crippen LogP contribution is -2.70. The van der Waals surface area contributed by atoms with Crippen LogP contribution in [0.4, 0.5) is 0 Å². The second-order valence-electron chi connectivity index (χ2n) is 31.7. The molecule has 28 nitrogen and oxygen atoms in total. The van der Waals surface area contributed by atoms with Crippen molar-refractivity contribution < 1.29 is 100 Å². The van der Waals surface area contributed by atoms with Crippen molar-refractivity contribution in [1.82, 2.24) is 30.2 Å². The minimum absolute atomic E-state index is 0. The predicted octanol–water partition coefficient (Wildman–Crippen LogP) is 11.4. The molecule has 3 N–H and O–H groups in total. The lowest BCUT2D eigenvalue weighted by molar-refractivity contribution is -0.186. The number of hydrogen-bond donors (Lipinski definition) is 3. The summed E-state index contributed by atoms with van der Waals surface area (Å²) >= 11 is 3.14. The van der Waals surface area contributed by atoms with Gasteiger partial charge in [-0.25, -0.2) is 9.59 Å². The molecule has 8 bridgehead atoms. The van der Waals surface area contributed by atoms with Crippen LogP contribution in [0.2, 0.25) is 0 Å². The Bertz CT molecular complexity index is 5120. The summed E-state index contributed by atoms with van der Waals surface area (Å²) in [7, 11) is 10.6. The third-order valence-electron chi connectivity index (χ3n) is 25.8. The summed E-state index contributed by atoms with van der Waals surface area (Å²) in [5, 5.41) is 30.3. The lowest BCUT2D eigenvalue weighted by atomic mass is 9.71. The molecule has 0 aromatic heterocycles. The van der Waals surface area contributed by atoms with Gasteiger partial charge in [-0.15, -0.1) is 23.5 Å². The number of carbonyl (C=O) groups excluding carboxylic acids is 4. The first kappa shape index (κ1) is 84.7. The van der Waals surface area contributed by atoms with E-state index in [1.807, 2.05) is 79.7 Å². The van der Waals surface area contributed by atoms with Gasteiger partial charge >= 0.3 is 23.9 Å². The topological polar surface area (TPSA) is 297 Å². The van der Waals surface area contributed by atoms with E-state index in [9.17, 15) is 29.5 Å². The molecule has 14 atom stereocenters. The van der Waals surface area contributed by atoms with Crippen molar-refractivity contribution in [3.8, 4) is 86.6 Å². The number of benzene rings is 6. The van der Waals surface area contributed by atoms with Gasteiger partial charge in [0.1, 0.15) is 37.0 Å². The summed E-state index contributed by atoms with van der Waals surface area (Å²) in [6, 6.07) is 10.6. The number of piperazine rings is 2. The number of nitriles is 1. The zero-order chi connectivity index (χ0) is 82.3. The highest BCUT2D eigenvalue weighted by Crippen LogP contribution is 2.68. The van der Waals surface area contributed by atoms with E-state index in [0.29, 0.717) is 168 Å². The van der Waals surface area contributed by atoms with Crippen molar-refractivity contribution in [3.63, 3.8) is 0 Å². The van der Waals surface area contributed by atoms with E-state index in [2.05, 4.69) is 62.5 Å². The quantitative estimate of drug-likeness (QED) is 0.0674. The molecular weight excluding hydrogens is 1570 g/mol. The number of carbonyl (C=O) groups is 4. The maximum Gasteiger partial charge on any atom is 0.331 e. The van der Waals surface area contributed by atoms with Crippen LogP contribution < -0.4 is 76.9 Å². The van der Waals surface area contributed by atoms with Crippen molar-refractivity contribution >= 4 is 47.4 Å². The Hall–Kier alpha value is -9.29. The number of hydrogen-bond acceptors (Lipinski definition) is 30. The van der Waals surface area contributed by atoms with Crippen molar-refractivity contribution in [2.75, 3.05) is 120 Å². The van der Waals surface area contributed by atoms with Crippen LogP contribution in [0.25, 0.3) is 0 Å². The summed E-state index contributed by atoms with van der Waals surface area (Å²) in [5.41, 5.74) is 11.1. The molecule has 638 valence electrons. The van der Waals surface area contributed by atoms with Crippen LogP contribution in [0.15, 0.2) is 36.4 Å². The molecule has 0 saturated carbocycles. The molecule has 119 heavy (non-hydrogen) atoms. The molecule has 2 unspecified atom stereocenters. The van der Waals surface area contributed by atoms with Gasteiger partial charge in [-0.2, -0.15) is 5.26 Å². The zero-order valence-corrected chi connectivity index (χ0v) is 70.5. The van der Waals surface area contributed by atoms with Crippen LogP contribution in [0.3, 0.4) is 0 Å². The molecule has 20 rings (SSSR count). The standard InChI is InChI=1S/C44H50N4O10S.C43H51N3O11S.2CH4/c1-9-53-31-15-24-11-12-46-44(26(24)16-30(31)51-7)19-59-42-34-33(41-39(56-20-57-41)22(4)38(34)58-23(5)49)29(18-55-43(44)50)48-28(17-45)27-14-25-13-21(3)37(52-8)40(54-10-2)32(25)35(36(42)48)47(27)6;1-9-52-29-15-23-11-12-44-43(25(23)16-28(29)50-7)18-58-40-32-31(39-37(55-19-56-39)21(4)36(32)57-22(5)47)27(17-54-42(43)49)46-34(40)33-30-24(14-26(41(46)48)45(33)6)13-20(3)35(51-8)38(30)53-10-2;;/h13,15-16,27-29,35-36,42,46H,9-12,14,18-20H2,1-8H3;13,15-16,26-27,33-34,40-41,44,48H,9-12,14,17-19H2,1-8H3;2*1H4/t27-,28-,29-,35+,36?,42+,44+;26-,27-,33+,34?,40+,41-,43+;;/m00../s1. The van der Waals surface area contributed by atoms with E-state index < -0.39 is 81.9 Å². The fourth-order valence-corrected chi connectivity index (χ4v) is 24.6. The van der Waals surface area contributed by atoms with Crippen LogP contribution in [0, 0.1) is 39.0 Å². The van der Waals surface area contributed by atoms with E-state index in [1.54, 1.807) is 52.0 Å². The Morgan fingerprint density at radius 3 is 1.34 bits per heavy atom. The van der Waals surface area contributed by atoms with Gasteiger partial charge in [0.25, 0.3) is 0 Å². The maximum absolute atomic E-state index is 15.0. The molecule has 0 amide bonds. The number of nitrogens with zero attached hydrogens (tertiary/aromatic N) is 5. The van der Waals surface area contributed by atoms with E-state index in [4.69, 9.17) is 75.8 Å². The summed E-state index contributed by atoms with van der Waals surface area (Å²) in [4.78, 5) is 65.0. The van der Waals surface area contributed by atoms with E-state index in [1.165, 1.54) is 13.8 Å². The second kappa shape index (κ2) is 32.9. The fourth-order valence-electron chi connectivity index (χ4n) is 21.2. The molecule has 4 fully saturated rings. The van der Waals surface area contributed by atoms with Gasteiger partial charge in [0.15, 0.2) is 80.1 Å². The minimum atomic E-state index is -1.29. The highest BCUT2D eigenvalue weighted by atomic mass is 32.2. The number of aliphatic hydroxyl groups excluding tert-OH is 1. The number of rotatable bonds is 14.